The molecule has 1 saturated heterocycles. The van der Waals surface area contributed by atoms with E-state index in [1.807, 2.05) is 0 Å². The van der Waals surface area contributed by atoms with Crippen molar-refractivity contribution in [3.05, 3.63) is 65.7 Å². The van der Waals surface area contributed by atoms with E-state index in [1.165, 1.54) is 17.1 Å². The molecule has 0 unspecified atom stereocenters. The van der Waals surface area contributed by atoms with Gasteiger partial charge in [-0.25, -0.2) is 4.90 Å². The first-order valence-corrected chi connectivity index (χ1v) is 8.12. The normalized spacial score (nSPS) is 21.9. The second-order valence-corrected chi connectivity index (χ2v) is 6.24. The van der Waals surface area contributed by atoms with Crippen molar-refractivity contribution in [1.29, 1.82) is 0 Å². The Morgan fingerprint density at radius 1 is 0.963 bits per heavy atom. The van der Waals surface area contributed by atoms with Gasteiger partial charge in [-0.15, -0.1) is 0 Å². The monoisotopic (exact) mass is 374 g/mol. The highest BCUT2D eigenvalue weighted by atomic mass is 19.4. The first-order chi connectivity index (χ1) is 12.9. The van der Waals surface area contributed by atoms with Gasteiger partial charge in [-0.05, 0) is 29.8 Å². The third-order valence-electron chi connectivity index (χ3n) is 4.47. The molecule has 0 spiro atoms. The largest absolute Gasteiger partial charge is 0.416 e. The van der Waals surface area contributed by atoms with Gasteiger partial charge in [0.1, 0.15) is 0 Å². The molecule has 0 aromatic heterocycles. The van der Waals surface area contributed by atoms with E-state index in [-0.39, 0.29) is 6.54 Å². The molecule has 0 aliphatic carbocycles. The van der Waals surface area contributed by atoms with Crippen molar-refractivity contribution in [2.45, 2.75) is 24.8 Å². The fraction of sp³-hybridized carbons (Fsp3) is 0.222. The zero-order valence-corrected chi connectivity index (χ0v) is 13.8. The van der Waals surface area contributed by atoms with E-state index in [0.29, 0.717) is 11.3 Å². The lowest BCUT2D eigenvalue weighted by atomic mass is 10.1. The number of carbonyl (C=O) groups excluding carboxylic acids is 2. The van der Waals surface area contributed by atoms with E-state index in [1.54, 1.807) is 30.3 Å². The Morgan fingerprint density at radius 2 is 1.70 bits per heavy atom. The van der Waals surface area contributed by atoms with Gasteiger partial charge in [0.25, 0.3) is 11.8 Å². The summed E-state index contributed by atoms with van der Waals surface area (Å²) in [4.78, 5) is 26.4. The number of amides is 2. The summed E-state index contributed by atoms with van der Waals surface area (Å²) in [5.74, 6) is -0.986. The molecular weight excluding hydrogens is 361 g/mol. The predicted molar refractivity (Wildman–Crippen MR) is 88.4 cm³/mol. The Morgan fingerprint density at radius 3 is 2.41 bits per heavy atom. The minimum Gasteiger partial charge on any atom is -0.271 e. The number of carbonyl (C=O) groups is 2. The van der Waals surface area contributed by atoms with Gasteiger partial charge in [0.15, 0.2) is 12.1 Å². The lowest BCUT2D eigenvalue weighted by Gasteiger charge is -2.21. The van der Waals surface area contributed by atoms with Crippen LogP contribution >= 0.6 is 0 Å². The van der Waals surface area contributed by atoms with Gasteiger partial charge in [-0.3, -0.25) is 14.6 Å². The smallest absolute Gasteiger partial charge is 0.271 e. The Kier molecular flexibility index (Phi) is 3.94. The number of para-hydroxylation sites is 1. The zero-order chi connectivity index (χ0) is 19.2. The van der Waals surface area contributed by atoms with E-state index < -0.39 is 35.6 Å². The number of halogens is 3. The van der Waals surface area contributed by atoms with Crippen molar-refractivity contribution in [3.63, 3.8) is 0 Å². The fourth-order valence-electron chi connectivity index (χ4n) is 3.22. The SMILES string of the molecule is O=C1[C@@H]2N=NN(Cc3cccc(C(F)(F)F)c3)[C@H]2C(=O)N1c1ccccc1. The van der Waals surface area contributed by atoms with Crippen LogP contribution in [0.2, 0.25) is 0 Å². The van der Waals surface area contributed by atoms with Gasteiger partial charge >= 0.3 is 6.18 Å². The first-order valence-electron chi connectivity index (χ1n) is 8.12. The van der Waals surface area contributed by atoms with E-state index >= 15 is 0 Å². The molecule has 0 N–H and O–H groups in total. The third kappa shape index (κ3) is 2.94. The maximum Gasteiger partial charge on any atom is 0.416 e. The van der Waals surface area contributed by atoms with Gasteiger partial charge in [-0.1, -0.05) is 35.6 Å². The summed E-state index contributed by atoms with van der Waals surface area (Å²) in [6, 6.07) is 11.3. The Balaban J connectivity index is 1.58. The highest BCUT2D eigenvalue weighted by Gasteiger charge is 2.54. The average Bonchev–Trinajstić information content (AvgIpc) is 3.16. The van der Waals surface area contributed by atoms with Crippen LogP contribution in [0.5, 0.6) is 0 Å². The minimum absolute atomic E-state index is 0.0593. The van der Waals surface area contributed by atoms with Gasteiger partial charge in [-0.2, -0.15) is 18.3 Å². The minimum atomic E-state index is -4.46. The topological polar surface area (TPSA) is 65.3 Å². The molecule has 0 saturated carbocycles. The van der Waals surface area contributed by atoms with Crippen LogP contribution in [-0.2, 0) is 22.3 Å². The van der Waals surface area contributed by atoms with Crippen LogP contribution in [0.4, 0.5) is 18.9 Å². The van der Waals surface area contributed by atoms with Crippen molar-refractivity contribution in [2.75, 3.05) is 4.90 Å². The number of anilines is 1. The molecule has 2 amide bonds. The van der Waals surface area contributed by atoms with Crippen molar-refractivity contribution in [1.82, 2.24) is 5.01 Å². The molecule has 0 bridgehead atoms. The Bertz CT molecular complexity index is 930. The quantitative estimate of drug-likeness (QED) is 0.775. The number of hydrogen-bond acceptors (Lipinski definition) is 5. The van der Waals surface area contributed by atoms with Gasteiger partial charge in [0.05, 0.1) is 17.8 Å². The average molecular weight is 374 g/mol. The molecule has 138 valence electrons. The summed E-state index contributed by atoms with van der Waals surface area (Å²) in [5, 5.41) is 8.98. The van der Waals surface area contributed by atoms with E-state index in [4.69, 9.17) is 0 Å². The maximum atomic E-state index is 12.9. The molecule has 2 atom stereocenters. The fourth-order valence-corrected chi connectivity index (χ4v) is 3.22. The van der Waals surface area contributed by atoms with Gasteiger partial charge in [0.2, 0.25) is 0 Å². The molecule has 6 nitrogen and oxygen atoms in total. The molecule has 2 heterocycles. The van der Waals surface area contributed by atoms with Crippen molar-refractivity contribution < 1.29 is 22.8 Å². The highest BCUT2D eigenvalue weighted by molar-refractivity contribution is 6.25. The van der Waals surface area contributed by atoms with E-state index in [2.05, 4.69) is 10.3 Å². The molecule has 27 heavy (non-hydrogen) atoms. The number of imide groups is 1. The van der Waals surface area contributed by atoms with E-state index in [0.717, 1.165) is 17.0 Å². The molecule has 2 aliphatic rings. The highest BCUT2D eigenvalue weighted by Crippen LogP contribution is 2.34. The lowest BCUT2D eigenvalue weighted by molar-refractivity contribution is -0.137. The number of alkyl halides is 3. The number of nitrogens with zero attached hydrogens (tertiary/aromatic N) is 4. The van der Waals surface area contributed by atoms with Crippen LogP contribution in [-0.4, -0.2) is 28.9 Å². The van der Waals surface area contributed by atoms with Crippen LogP contribution in [0.3, 0.4) is 0 Å². The molecule has 1 fully saturated rings. The zero-order valence-electron chi connectivity index (χ0n) is 13.8. The summed E-state index contributed by atoms with van der Waals surface area (Å²) in [7, 11) is 0. The molecule has 2 aromatic rings. The van der Waals surface area contributed by atoms with Crippen LogP contribution in [0, 0.1) is 0 Å². The second kappa shape index (κ2) is 6.19. The van der Waals surface area contributed by atoms with Crippen molar-refractivity contribution in [3.8, 4) is 0 Å². The van der Waals surface area contributed by atoms with Crippen LogP contribution < -0.4 is 4.90 Å². The maximum absolute atomic E-state index is 12.9. The van der Waals surface area contributed by atoms with Gasteiger partial charge in [0, 0.05) is 0 Å². The summed E-state index contributed by atoms with van der Waals surface area (Å²) < 4.78 is 38.7. The molecule has 2 aromatic carbocycles. The molecule has 9 heteroatoms. The summed E-state index contributed by atoms with van der Waals surface area (Å²) in [5.41, 5.74) is -0.0358. The van der Waals surface area contributed by atoms with Gasteiger partial charge < -0.3 is 0 Å². The molecular formula is C18H13F3N4O2. The van der Waals surface area contributed by atoms with E-state index in [9.17, 15) is 22.8 Å². The molecule has 4 rings (SSSR count). The summed E-state index contributed by atoms with van der Waals surface area (Å²) in [6.07, 6.45) is -4.46. The predicted octanol–water partition coefficient (Wildman–Crippen LogP) is 3.20. The molecule has 2 aliphatic heterocycles. The number of rotatable bonds is 3. The summed E-state index contributed by atoms with van der Waals surface area (Å²) in [6.45, 7) is -0.0593. The van der Waals surface area contributed by atoms with Crippen LogP contribution in [0.15, 0.2) is 64.9 Å². The Hall–Kier alpha value is -3.23. The van der Waals surface area contributed by atoms with Crippen LogP contribution in [0.25, 0.3) is 0 Å². The Labute approximate surface area is 151 Å². The number of benzene rings is 2. The standard InChI is InChI=1S/C18H13F3N4O2/c19-18(20,21)12-6-4-5-11(9-12)10-24-15-14(22-23-24)16(26)25(17(15)27)13-7-2-1-3-8-13/h1-9,14-15H,10H2/t14-,15-/m1/s1. The first kappa shape index (κ1) is 17.2. The summed E-state index contributed by atoms with van der Waals surface area (Å²) >= 11 is 0. The lowest BCUT2D eigenvalue weighted by Crippen LogP contribution is -2.39. The number of hydrogen-bond donors (Lipinski definition) is 0. The number of fused-ring (bicyclic) bond motifs is 1. The second-order valence-electron chi connectivity index (χ2n) is 6.24. The third-order valence-corrected chi connectivity index (χ3v) is 4.47. The van der Waals surface area contributed by atoms with Crippen molar-refractivity contribution >= 4 is 17.5 Å². The van der Waals surface area contributed by atoms with Crippen molar-refractivity contribution in [2.24, 2.45) is 10.3 Å². The van der Waals surface area contributed by atoms with Crippen LogP contribution in [0.1, 0.15) is 11.1 Å². The molecule has 0 radical (unpaired) electrons.